The van der Waals surface area contributed by atoms with Gasteiger partial charge in [0.05, 0.1) is 23.6 Å². The number of carbonyl (C=O) groups excluding carboxylic acids is 1. The summed E-state index contributed by atoms with van der Waals surface area (Å²) in [7, 11) is 0. The largest absolute Gasteiger partial charge is 0.376 e. The minimum atomic E-state index is -0.165. The number of rotatable bonds is 7. The van der Waals surface area contributed by atoms with Crippen LogP contribution in [0.2, 0.25) is 0 Å². The summed E-state index contributed by atoms with van der Waals surface area (Å²) in [6.07, 6.45) is 1.99. The summed E-state index contributed by atoms with van der Waals surface area (Å²) in [5, 5.41) is 4.07. The third-order valence-corrected chi connectivity index (χ3v) is 6.66. The predicted octanol–water partition coefficient (Wildman–Crippen LogP) is 4.31. The zero-order valence-corrected chi connectivity index (χ0v) is 19.6. The van der Waals surface area contributed by atoms with Gasteiger partial charge in [0.25, 0.3) is 11.5 Å². The van der Waals surface area contributed by atoms with Gasteiger partial charge in [-0.15, -0.1) is 0 Å². The first-order valence-corrected chi connectivity index (χ1v) is 12.1. The Hall–Kier alpha value is -2.64. The van der Waals surface area contributed by atoms with Crippen LogP contribution in [0.1, 0.15) is 48.2 Å². The number of fused-ring (bicyclic) bond motifs is 1. The van der Waals surface area contributed by atoms with Gasteiger partial charge in [-0.3, -0.25) is 14.2 Å². The van der Waals surface area contributed by atoms with Crippen molar-refractivity contribution >= 4 is 28.6 Å². The monoisotopic (exact) mass is 451 g/mol. The minimum absolute atomic E-state index is 0.0286. The maximum Gasteiger partial charge on any atom is 0.262 e. The Morgan fingerprint density at radius 2 is 2.09 bits per heavy atom. The molecule has 3 aromatic rings. The van der Waals surface area contributed by atoms with E-state index in [-0.39, 0.29) is 23.6 Å². The van der Waals surface area contributed by atoms with E-state index in [1.165, 1.54) is 11.1 Å². The molecule has 1 N–H and O–H groups in total. The van der Waals surface area contributed by atoms with Gasteiger partial charge in [0, 0.05) is 24.0 Å². The van der Waals surface area contributed by atoms with Gasteiger partial charge in [0.2, 0.25) is 0 Å². The van der Waals surface area contributed by atoms with Crippen LogP contribution in [0.3, 0.4) is 0 Å². The van der Waals surface area contributed by atoms with E-state index in [1.54, 1.807) is 34.5 Å². The maximum atomic E-state index is 13.4. The van der Waals surface area contributed by atoms with Crippen LogP contribution in [0.4, 0.5) is 0 Å². The predicted molar refractivity (Wildman–Crippen MR) is 128 cm³/mol. The molecule has 1 atom stereocenters. The highest BCUT2D eigenvalue weighted by Crippen LogP contribution is 2.25. The van der Waals surface area contributed by atoms with Crippen molar-refractivity contribution in [1.29, 1.82) is 0 Å². The van der Waals surface area contributed by atoms with E-state index in [2.05, 4.69) is 24.4 Å². The lowest BCUT2D eigenvalue weighted by molar-refractivity contribution is 0.0937. The zero-order valence-electron chi connectivity index (χ0n) is 18.8. The average molecular weight is 452 g/mol. The number of aryl methyl sites for hydroxylation is 1. The van der Waals surface area contributed by atoms with Gasteiger partial charge in [0.15, 0.2) is 5.16 Å². The van der Waals surface area contributed by atoms with Crippen molar-refractivity contribution in [2.75, 3.05) is 6.61 Å². The lowest BCUT2D eigenvalue weighted by atomic mass is 10.1. The maximum absolute atomic E-state index is 13.4. The number of benzene rings is 2. The molecule has 0 spiro atoms. The third-order valence-electron chi connectivity index (χ3n) is 5.63. The second-order valence-electron chi connectivity index (χ2n) is 8.52. The Morgan fingerprint density at radius 3 is 2.81 bits per heavy atom. The third kappa shape index (κ3) is 5.05. The number of aromatic nitrogens is 2. The van der Waals surface area contributed by atoms with Crippen molar-refractivity contribution in [3.05, 3.63) is 69.5 Å². The van der Waals surface area contributed by atoms with Gasteiger partial charge >= 0.3 is 0 Å². The van der Waals surface area contributed by atoms with E-state index < -0.39 is 0 Å². The number of ether oxygens (including phenoxy) is 1. The number of thioether (sulfide) groups is 1. The lowest BCUT2D eigenvalue weighted by Gasteiger charge is -2.17. The summed E-state index contributed by atoms with van der Waals surface area (Å²) in [5.74, 6) is 0.547. The fourth-order valence-electron chi connectivity index (χ4n) is 3.86. The molecule has 2 aromatic carbocycles. The number of carbonyl (C=O) groups is 1. The molecule has 7 heteroatoms. The van der Waals surface area contributed by atoms with Crippen LogP contribution >= 0.6 is 11.8 Å². The molecular weight excluding hydrogens is 422 g/mol. The Kier molecular flexibility index (Phi) is 6.96. The van der Waals surface area contributed by atoms with Crippen LogP contribution in [-0.4, -0.2) is 34.2 Å². The molecule has 4 rings (SSSR count). The van der Waals surface area contributed by atoms with Crippen LogP contribution in [-0.2, 0) is 17.0 Å². The van der Waals surface area contributed by atoms with Crippen molar-refractivity contribution in [2.45, 2.75) is 63.2 Å². The molecule has 1 aromatic heterocycles. The van der Waals surface area contributed by atoms with E-state index in [0.717, 1.165) is 19.4 Å². The molecule has 1 amide bonds. The van der Waals surface area contributed by atoms with Gasteiger partial charge < -0.3 is 10.1 Å². The van der Waals surface area contributed by atoms with Crippen molar-refractivity contribution in [3.8, 4) is 0 Å². The van der Waals surface area contributed by atoms with Crippen LogP contribution in [0.5, 0.6) is 0 Å². The van der Waals surface area contributed by atoms with Gasteiger partial charge in [-0.1, -0.05) is 36.0 Å². The van der Waals surface area contributed by atoms with Gasteiger partial charge in [0.1, 0.15) is 0 Å². The van der Waals surface area contributed by atoms with E-state index in [4.69, 9.17) is 9.72 Å². The minimum Gasteiger partial charge on any atom is -0.376 e. The molecule has 6 nitrogen and oxygen atoms in total. The molecule has 1 aliphatic heterocycles. The van der Waals surface area contributed by atoms with Gasteiger partial charge in [-0.2, -0.15) is 0 Å². The molecule has 0 aliphatic carbocycles. The molecule has 1 fully saturated rings. The number of amides is 1. The summed E-state index contributed by atoms with van der Waals surface area (Å²) >= 11 is 1.55. The number of nitrogens with one attached hydrogen (secondary N) is 1. The van der Waals surface area contributed by atoms with Crippen molar-refractivity contribution in [2.24, 2.45) is 0 Å². The molecule has 0 bridgehead atoms. The highest BCUT2D eigenvalue weighted by molar-refractivity contribution is 7.98. The summed E-state index contributed by atoms with van der Waals surface area (Å²) in [6, 6.07) is 13.4. The highest BCUT2D eigenvalue weighted by Gasteiger charge is 2.21. The molecule has 0 saturated carbocycles. The van der Waals surface area contributed by atoms with Crippen molar-refractivity contribution in [3.63, 3.8) is 0 Å². The SMILES string of the molecule is Cc1ccccc1CSc1nc2cc(C(=O)NC(C)C)ccc2c(=O)n1CC1CCCO1. The summed E-state index contributed by atoms with van der Waals surface area (Å²) in [4.78, 5) is 30.7. The number of hydrogen-bond donors (Lipinski definition) is 1. The smallest absolute Gasteiger partial charge is 0.262 e. The molecule has 0 radical (unpaired) electrons. The van der Waals surface area contributed by atoms with Gasteiger partial charge in [-0.25, -0.2) is 4.98 Å². The quantitative estimate of drug-likeness (QED) is 0.428. The van der Waals surface area contributed by atoms with Crippen LogP contribution in [0.15, 0.2) is 52.4 Å². The second kappa shape index (κ2) is 9.88. The Bertz CT molecular complexity index is 1180. The Labute approximate surface area is 192 Å². The fraction of sp³-hybridized carbons (Fsp3) is 0.400. The van der Waals surface area contributed by atoms with E-state index in [1.807, 2.05) is 26.0 Å². The average Bonchev–Trinajstić information content (AvgIpc) is 3.28. The molecule has 32 heavy (non-hydrogen) atoms. The molecule has 168 valence electrons. The van der Waals surface area contributed by atoms with Crippen LogP contribution in [0, 0.1) is 6.92 Å². The van der Waals surface area contributed by atoms with Crippen LogP contribution < -0.4 is 10.9 Å². The molecule has 1 saturated heterocycles. The Morgan fingerprint density at radius 1 is 1.28 bits per heavy atom. The van der Waals surface area contributed by atoms with Gasteiger partial charge in [-0.05, 0) is 62.9 Å². The summed E-state index contributed by atoms with van der Waals surface area (Å²) < 4.78 is 7.54. The van der Waals surface area contributed by atoms with Crippen molar-refractivity contribution < 1.29 is 9.53 Å². The standard InChI is InChI=1S/C25H29N3O3S/c1-16(2)26-23(29)18-10-11-21-22(13-18)27-25(32-15-19-8-5-4-7-17(19)3)28(24(21)30)14-20-9-6-12-31-20/h4-5,7-8,10-11,13,16,20H,6,9,12,14-15H2,1-3H3,(H,26,29). The van der Waals surface area contributed by atoms with E-state index in [9.17, 15) is 9.59 Å². The first-order chi connectivity index (χ1) is 15.4. The van der Waals surface area contributed by atoms with Crippen LogP contribution in [0.25, 0.3) is 10.9 Å². The molecular formula is C25H29N3O3S. The topological polar surface area (TPSA) is 73.2 Å². The molecule has 1 aliphatic rings. The highest BCUT2D eigenvalue weighted by atomic mass is 32.2. The van der Waals surface area contributed by atoms with E-state index >= 15 is 0 Å². The summed E-state index contributed by atoms with van der Waals surface area (Å²) in [6.45, 7) is 7.15. The first-order valence-electron chi connectivity index (χ1n) is 11.1. The van der Waals surface area contributed by atoms with E-state index in [0.29, 0.717) is 33.9 Å². The number of nitrogens with zero attached hydrogens (tertiary/aromatic N) is 2. The van der Waals surface area contributed by atoms with Crippen molar-refractivity contribution in [1.82, 2.24) is 14.9 Å². The summed E-state index contributed by atoms with van der Waals surface area (Å²) in [5.41, 5.74) is 3.38. The molecule has 1 unspecified atom stereocenters. The second-order valence-corrected chi connectivity index (χ2v) is 9.46. The number of hydrogen-bond acceptors (Lipinski definition) is 5. The zero-order chi connectivity index (χ0) is 22.7. The Balaban J connectivity index is 1.73. The fourth-order valence-corrected chi connectivity index (χ4v) is 4.95. The lowest BCUT2D eigenvalue weighted by Crippen LogP contribution is -2.31. The first kappa shape index (κ1) is 22.6. The molecule has 2 heterocycles. The normalized spacial score (nSPS) is 16.1.